The molecule has 0 unspecified atom stereocenters. The van der Waals surface area contributed by atoms with Gasteiger partial charge in [-0.1, -0.05) is 0 Å². The standard InChI is InChI=1S/C11H14N2O/c1-6-5-9-8(7(2)11(6)12)3-4-10(14)13-9/h5H,3-4,12H2,1-2H3,(H,13,14). The summed E-state index contributed by atoms with van der Waals surface area (Å²) in [6, 6.07) is 1.95. The Morgan fingerprint density at radius 2 is 2.07 bits per heavy atom. The third-order valence-electron chi connectivity index (χ3n) is 2.84. The van der Waals surface area contributed by atoms with Crippen LogP contribution >= 0.6 is 0 Å². The Morgan fingerprint density at radius 3 is 2.79 bits per heavy atom. The van der Waals surface area contributed by atoms with Gasteiger partial charge in [-0.3, -0.25) is 4.79 Å². The van der Waals surface area contributed by atoms with E-state index in [1.54, 1.807) is 0 Å². The molecule has 0 spiro atoms. The van der Waals surface area contributed by atoms with E-state index < -0.39 is 0 Å². The molecule has 3 heteroatoms. The molecular weight excluding hydrogens is 176 g/mol. The van der Waals surface area contributed by atoms with Crippen LogP contribution in [-0.4, -0.2) is 5.91 Å². The Labute approximate surface area is 83.3 Å². The maximum absolute atomic E-state index is 11.2. The van der Waals surface area contributed by atoms with Crippen molar-refractivity contribution in [2.45, 2.75) is 26.7 Å². The molecule has 2 rings (SSSR count). The number of rotatable bonds is 0. The van der Waals surface area contributed by atoms with E-state index in [4.69, 9.17) is 5.73 Å². The molecular formula is C11H14N2O. The lowest BCUT2D eigenvalue weighted by molar-refractivity contribution is -0.116. The normalized spacial score (nSPS) is 14.9. The van der Waals surface area contributed by atoms with Crippen LogP contribution in [0.4, 0.5) is 11.4 Å². The fourth-order valence-corrected chi connectivity index (χ4v) is 1.93. The highest BCUT2D eigenvalue weighted by Gasteiger charge is 2.18. The van der Waals surface area contributed by atoms with Crippen molar-refractivity contribution < 1.29 is 4.79 Å². The van der Waals surface area contributed by atoms with Crippen LogP contribution in [0.3, 0.4) is 0 Å². The maximum atomic E-state index is 11.2. The van der Waals surface area contributed by atoms with Gasteiger partial charge in [-0.25, -0.2) is 0 Å². The second-order valence-electron chi connectivity index (χ2n) is 3.81. The number of nitrogens with two attached hydrogens (primary N) is 1. The minimum Gasteiger partial charge on any atom is -0.398 e. The maximum Gasteiger partial charge on any atom is 0.224 e. The molecule has 0 radical (unpaired) electrons. The summed E-state index contributed by atoms with van der Waals surface area (Å²) in [5.41, 5.74) is 11.0. The second kappa shape index (κ2) is 3.01. The fraction of sp³-hybridized carbons (Fsp3) is 0.364. The van der Waals surface area contributed by atoms with Crippen LogP contribution in [0.15, 0.2) is 6.07 Å². The first-order valence-corrected chi connectivity index (χ1v) is 4.78. The number of hydrogen-bond acceptors (Lipinski definition) is 2. The third kappa shape index (κ3) is 1.25. The second-order valence-corrected chi connectivity index (χ2v) is 3.81. The van der Waals surface area contributed by atoms with Crippen LogP contribution in [0.1, 0.15) is 23.1 Å². The summed E-state index contributed by atoms with van der Waals surface area (Å²) in [6.07, 6.45) is 1.37. The molecule has 1 aliphatic rings. The van der Waals surface area contributed by atoms with E-state index >= 15 is 0 Å². The van der Waals surface area contributed by atoms with Gasteiger partial charge in [0.1, 0.15) is 0 Å². The summed E-state index contributed by atoms with van der Waals surface area (Å²) in [6.45, 7) is 3.97. The number of nitrogen functional groups attached to an aromatic ring is 1. The minimum atomic E-state index is 0.0982. The molecule has 0 aromatic heterocycles. The number of carbonyl (C=O) groups is 1. The third-order valence-corrected chi connectivity index (χ3v) is 2.84. The molecule has 0 atom stereocenters. The molecule has 1 aromatic rings. The van der Waals surface area contributed by atoms with Gasteiger partial charge in [-0.05, 0) is 43.0 Å². The SMILES string of the molecule is Cc1cc2c(c(C)c1N)CCC(=O)N2. The summed E-state index contributed by atoms with van der Waals surface area (Å²) in [5, 5.41) is 2.87. The highest BCUT2D eigenvalue weighted by Crippen LogP contribution is 2.31. The van der Waals surface area contributed by atoms with E-state index in [9.17, 15) is 4.79 Å². The quantitative estimate of drug-likeness (QED) is 0.612. The lowest BCUT2D eigenvalue weighted by Crippen LogP contribution is -2.20. The Morgan fingerprint density at radius 1 is 1.36 bits per heavy atom. The molecule has 0 bridgehead atoms. The fourth-order valence-electron chi connectivity index (χ4n) is 1.93. The van der Waals surface area contributed by atoms with Crippen molar-refractivity contribution >= 4 is 17.3 Å². The Bertz CT molecular complexity index is 410. The van der Waals surface area contributed by atoms with Gasteiger partial charge in [0, 0.05) is 17.8 Å². The number of hydrogen-bond donors (Lipinski definition) is 2. The predicted octanol–water partition coefficient (Wildman–Crippen LogP) is 1.77. The summed E-state index contributed by atoms with van der Waals surface area (Å²) in [5.74, 6) is 0.0982. The van der Waals surface area contributed by atoms with E-state index in [0.717, 1.165) is 28.9 Å². The van der Waals surface area contributed by atoms with Gasteiger partial charge in [-0.15, -0.1) is 0 Å². The van der Waals surface area contributed by atoms with Gasteiger partial charge in [0.25, 0.3) is 0 Å². The number of carbonyl (C=O) groups excluding carboxylic acids is 1. The lowest BCUT2D eigenvalue weighted by Gasteiger charge is -2.21. The molecule has 1 aromatic carbocycles. The zero-order valence-electron chi connectivity index (χ0n) is 8.48. The molecule has 14 heavy (non-hydrogen) atoms. The number of benzene rings is 1. The van der Waals surface area contributed by atoms with Gasteiger partial charge in [0.05, 0.1) is 0 Å². The van der Waals surface area contributed by atoms with Gasteiger partial charge < -0.3 is 11.1 Å². The first-order valence-electron chi connectivity index (χ1n) is 4.78. The largest absolute Gasteiger partial charge is 0.398 e. The zero-order chi connectivity index (χ0) is 10.3. The molecule has 0 aliphatic carbocycles. The van der Waals surface area contributed by atoms with Gasteiger partial charge in [-0.2, -0.15) is 0 Å². The van der Waals surface area contributed by atoms with Crippen LogP contribution in [0.5, 0.6) is 0 Å². The van der Waals surface area contributed by atoms with E-state index in [2.05, 4.69) is 5.32 Å². The van der Waals surface area contributed by atoms with E-state index in [0.29, 0.717) is 6.42 Å². The van der Waals surface area contributed by atoms with Gasteiger partial charge >= 0.3 is 0 Å². The number of amides is 1. The molecule has 0 fully saturated rings. The van der Waals surface area contributed by atoms with E-state index in [1.807, 2.05) is 19.9 Å². The number of fused-ring (bicyclic) bond motifs is 1. The van der Waals surface area contributed by atoms with Crippen LogP contribution in [0.25, 0.3) is 0 Å². The average Bonchev–Trinajstić information content (AvgIpc) is 2.14. The van der Waals surface area contributed by atoms with Crippen molar-refractivity contribution in [1.82, 2.24) is 0 Å². The highest BCUT2D eigenvalue weighted by molar-refractivity contribution is 5.95. The van der Waals surface area contributed by atoms with Crippen molar-refractivity contribution in [3.63, 3.8) is 0 Å². The lowest BCUT2D eigenvalue weighted by atomic mass is 9.94. The topological polar surface area (TPSA) is 55.1 Å². The number of anilines is 2. The first kappa shape index (κ1) is 9.06. The van der Waals surface area contributed by atoms with Crippen LogP contribution in [0.2, 0.25) is 0 Å². The monoisotopic (exact) mass is 190 g/mol. The molecule has 0 saturated carbocycles. The molecule has 1 aliphatic heterocycles. The molecule has 0 saturated heterocycles. The first-order chi connectivity index (χ1) is 6.59. The van der Waals surface area contributed by atoms with Crippen molar-refractivity contribution in [1.29, 1.82) is 0 Å². The van der Waals surface area contributed by atoms with Crippen LogP contribution < -0.4 is 11.1 Å². The summed E-state index contributed by atoms with van der Waals surface area (Å²) in [7, 11) is 0. The van der Waals surface area contributed by atoms with E-state index in [-0.39, 0.29) is 5.91 Å². The smallest absolute Gasteiger partial charge is 0.224 e. The predicted molar refractivity (Wildman–Crippen MR) is 57.3 cm³/mol. The Hall–Kier alpha value is -1.51. The molecule has 1 heterocycles. The van der Waals surface area contributed by atoms with E-state index in [1.165, 1.54) is 5.56 Å². The minimum absolute atomic E-state index is 0.0982. The van der Waals surface area contributed by atoms with Crippen molar-refractivity contribution in [3.05, 3.63) is 22.8 Å². The van der Waals surface area contributed by atoms with Crippen molar-refractivity contribution in [2.24, 2.45) is 0 Å². The van der Waals surface area contributed by atoms with Gasteiger partial charge in [0.2, 0.25) is 5.91 Å². The number of aryl methyl sites for hydroxylation is 1. The van der Waals surface area contributed by atoms with Crippen LogP contribution in [-0.2, 0) is 11.2 Å². The van der Waals surface area contributed by atoms with Crippen LogP contribution in [0, 0.1) is 13.8 Å². The van der Waals surface area contributed by atoms with Crippen molar-refractivity contribution in [3.8, 4) is 0 Å². The van der Waals surface area contributed by atoms with Gasteiger partial charge in [0.15, 0.2) is 0 Å². The zero-order valence-corrected chi connectivity index (χ0v) is 8.48. The summed E-state index contributed by atoms with van der Waals surface area (Å²) < 4.78 is 0. The number of nitrogens with one attached hydrogen (secondary N) is 1. The average molecular weight is 190 g/mol. The molecule has 3 N–H and O–H groups in total. The molecule has 74 valence electrons. The highest BCUT2D eigenvalue weighted by atomic mass is 16.1. The molecule has 1 amide bonds. The van der Waals surface area contributed by atoms with Crippen molar-refractivity contribution in [2.75, 3.05) is 11.1 Å². The Balaban J connectivity index is 2.59. The molecule has 3 nitrogen and oxygen atoms in total. The Kier molecular flexibility index (Phi) is 1.95. The summed E-state index contributed by atoms with van der Waals surface area (Å²) in [4.78, 5) is 11.2. The summed E-state index contributed by atoms with van der Waals surface area (Å²) >= 11 is 0.